The number of carbonyl (C=O) groups excluding carboxylic acids is 1. The zero-order chi connectivity index (χ0) is 32.2. The van der Waals surface area contributed by atoms with Crippen molar-refractivity contribution in [1.82, 2.24) is 14.8 Å². The monoisotopic (exact) mass is 612 g/mol. The highest BCUT2D eigenvalue weighted by molar-refractivity contribution is 5.86. The maximum atomic E-state index is 13.0. The molecule has 1 aromatic heterocycles. The van der Waals surface area contributed by atoms with Gasteiger partial charge in [-0.15, -0.1) is 0 Å². The Hall–Kier alpha value is -4.59. The minimum Gasteiger partial charge on any atom is -0.493 e. The van der Waals surface area contributed by atoms with Crippen LogP contribution in [0.1, 0.15) is 45.6 Å². The molecular formula is C35H40N4O6. The van der Waals surface area contributed by atoms with E-state index in [4.69, 9.17) is 23.7 Å². The number of hydrogen-bond acceptors (Lipinski definition) is 10. The first-order valence-corrected chi connectivity index (χ1v) is 14.8. The summed E-state index contributed by atoms with van der Waals surface area (Å²) in [6.07, 6.45) is 5.86. The Morgan fingerprint density at radius 1 is 0.956 bits per heavy atom. The Morgan fingerprint density at radius 2 is 1.56 bits per heavy atom. The molecule has 2 aliphatic heterocycles. The molecule has 0 aliphatic carbocycles. The van der Waals surface area contributed by atoms with Gasteiger partial charge in [0.25, 0.3) is 0 Å². The van der Waals surface area contributed by atoms with Crippen molar-refractivity contribution >= 4 is 12.0 Å². The number of aromatic nitrogens is 1. The summed E-state index contributed by atoms with van der Waals surface area (Å²) in [6.45, 7) is 1.99. The van der Waals surface area contributed by atoms with E-state index in [1.165, 1.54) is 6.08 Å². The van der Waals surface area contributed by atoms with Gasteiger partial charge in [-0.3, -0.25) is 9.88 Å². The zero-order valence-electron chi connectivity index (χ0n) is 26.9. The number of pyridine rings is 1. The van der Waals surface area contributed by atoms with Crippen LogP contribution in [0.5, 0.6) is 23.0 Å². The number of benzene rings is 2. The highest BCUT2D eigenvalue weighted by Gasteiger charge is 2.47. The van der Waals surface area contributed by atoms with E-state index in [0.717, 1.165) is 27.8 Å². The van der Waals surface area contributed by atoms with Gasteiger partial charge in [0, 0.05) is 24.7 Å². The van der Waals surface area contributed by atoms with Crippen LogP contribution in [0.25, 0.3) is 6.08 Å². The predicted molar refractivity (Wildman–Crippen MR) is 170 cm³/mol. The topological polar surface area (TPSA) is 106 Å². The molecule has 0 fully saturated rings. The van der Waals surface area contributed by atoms with Crippen LogP contribution < -0.4 is 18.9 Å². The van der Waals surface area contributed by atoms with Crippen LogP contribution in [0.3, 0.4) is 0 Å². The fourth-order valence-corrected chi connectivity index (χ4v) is 6.63. The number of aryl methyl sites for hydroxylation is 1. The van der Waals surface area contributed by atoms with Crippen molar-refractivity contribution in [2.24, 2.45) is 0 Å². The molecule has 2 aliphatic rings. The van der Waals surface area contributed by atoms with Gasteiger partial charge in [-0.1, -0.05) is 6.07 Å². The van der Waals surface area contributed by atoms with Crippen molar-refractivity contribution < 1.29 is 28.5 Å². The zero-order valence-corrected chi connectivity index (χ0v) is 26.9. The van der Waals surface area contributed by atoms with E-state index < -0.39 is 18.1 Å². The maximum Gasteiger partial charge on any atom is 0.330 e. The van der Waals surface area contributed by atoms with E-state index in [2.05, 4.69) is 20.9 Å². The Bertz CT molecular complexity index is 1610. The van der Waals surface area contributed by atoms with Crippen LogP contribution in [0, 0.1) is 18.3 Å². The van der Waals surface area contributed by atoms with Gasteiger partial charge in [-0.05, 0) is 91.7 Å². The number of rotatable bonds is 9. The van der Waals surface area contributed by atoms with E-state index >= 15 is 0 Å². The molecule has 0 bridgehead atoms. The van der Waals surface area contributed by atoms with Crippen molar-refractivity contribution in [3.63, 3.8) is 0 Å². The van der Waals surface area contributed by atoms with E-state index in [-0.39, 0.29) is 18.7 Å². The molecule has 0 spiro atoms. The highest BCUT2D eigenvalue weighted by atomic mass is 16.5. The van der Waals surface area contributed by atoms with E-state index in [1.807, 2.05) is 57.4 Å². The number of methoxy groups -OCH3 is 4. The van der Waals surface area contributed by atoms with Gasteiger partial charge in [0.15, 0.2) is 23.0 Å². The summed E-state index contributed by atoms with van der Waals surface area (Å²) in [5.74, 6) is 1.94. The molecule has 0 N–H and O–H groups in total. The van der Waals surface area contributed by atoms with E-state index in [9.17, 15) is 10.1 Å². The average Bonchev–Trinajstić information content (AvgIpc) is 3.18. The Kier molecular flexibility index (Phi) is 9.61. The normalized spacial score (nSPS) is 20.8. The van der Waals surface area contributed by atoms with Gasteiger partial charge in [-0.2, -0.15) is 5.26 Å². The molecule has 0 saturated carbocycles. The fraction of sp³-hybridized carbons (Fsp3) is 0.400. The van der Waals surface area contributed by atoms with Crippen LogP contribution in [0.4, 0.5) is 0 Å². The smallest absolute Gasteiger partial charge is 0.330 e. The maximum absolute atomic E-state index is 13.0. The number of ether oxygens (including phenoxy) is 5. The summed E-state index contributed by atoms with van der Waals surface area (Å²) in [6, 6.07) is 13.1. The fourth-order valence-electron chi connectivity index (χ4n) is 6.63. The van der Waals surface area contributed by atoms with Gasteiger partial charge in [0.1, 0.15) is 12.6 Å². The lowest BCUT2D eigenvalue weighted by atomic mass is 9.82. The van der Waals surface area contributed by atoms with Gasteiger partial charge in [0.2, 0.25) is 0 Å². The molecule has 0 radical (unpaired) electrons. The first-order valence-electron chi connectivity index (χ1n) is 14.8. The molecule has 0 saturated heterocycles. The SMILES string of the molecule is COc1cc2c(cc1OC)[C@@H](N(C)C)C1Cc3cc(OC)c(OC)cc3[C@H](COC(=O)/C=C/c3ccc(C)cn3)N1[C@@H](C#N)C2. The molecule has 3 aromatic rings. The molecule has 2 aromatic carbocycles. The summed E-state index contributed by atoms with van der Waals surface area (Å²) < 4.78 is 28.6. The average molecular weight is 613 g/mol. The van der Waals surface area contributed by atoms with Crippen LogP contribution in [0.2, 0.25) is 0 Å². The summed E-state index contributed by atoms with van der Waals surface area (Å²) >= 11 is 0. The lowest BCUT2D eigenvalue weighted by Crippen LogP contribution is -2.54. The standard InChI is InChI=1S/C35H40N4O6/c1-21-8-9-24(37-19-21)10-11-34(40)45-20-29-26-16-32(43-6)31(42-5)15-23(26)13-28-35(38(2)3)27-17-33(44-7)30(41-4)14-22(27)12-25(18-36)39(28)29/h8-11,14-17,19,25,28-29,35H,12-13,20H2,1-7H3/b11-10+/t25-,28?,29+,35-/m1/s1. The number of hydrogen-bond donors (Lipinski definition) is 0. The van der Waals surface area contributed by atoms with Crippen LogP contribution in [-0.4, -0.2) is 82.0 Å². The van der Waals surface area contributed by atoms with Crippen molar-refractivity contribution in [1.29, 1.82) is 5.26 Å². The largest absolute Gasteiger partial charge is 0.493 e. The molecule has 45 heavy (non-hydrogen) atoms. The van der Waals surface area contributed by atoms with Crippen molar-refractivity contribution in [2.45, 2.75) is 43.9 Å². The third kappa shape index (κ3) is 6.32. The van der Waals surface area contributed by atoms with Crippen molar-refractivity contribution in [3.05, 3.63) is 82.2 Å². The number of carbonyl (C=O) groups is 1. The van der Waals surface area contributed by atoms with Crippen LogP contribution >= 0.6 is 0 Å². The second-order valence-corrected chi connectivity index (χ2v) is 11.5. The minimum atomic E-state index is -0.519. The Labute approximate surface area is 264 Å². The summed E-state index contributed by atoms with van der Waals surface area (Å²) in [5, 5.41) is 10.7. The van der Waals surface area contributed by atoms with Crippen molar-refractivity contribution in [2.75, 3.05) is 49.1 Å². The molecule has 236 valence electrons. The molecule has 1 unspecified atom stereocenters. The third-order valence-corrected chi connectivity index (χ3v) is 8.69. The van der Waals surface area contributed by atoms with Gasteiger partial charge < -0.3 is 28.6 Å². The molecular weight excluding hydrogens is 572 g/mol. The third-order valence-electron chi connectivity index (χ3n) is 8.69. The van der Waals surface area contributed by atoms with Gasteiger partial charge in [0.05, 0.1) is 52.3 Å². The first-order chi connectivity index (χ1) is 21.7. The molecule has 3 heterocycles. The predicted octanol–water partition coefficient (Wildman–Crippen LogP) is 4.70. The second-order valence-electron chi connectivity index (χ2n) is 11.5. The molecule has 4 atom stereocenters. The number of likely N-dealkylation sites (N-methyl/N-ethyl adjacent to an activating group) is 1. The molecule has 5 rings (SSSR count). The van der Waals surface area contributed by atoms with Crippen LogP contribution in [0.15, 0.2) is 48.7 Å². The number of nitriles is 1. The number of fused-ring (bicyclic) bond motifs is 3. The Balaban J connectivity index is 1.59. The minimum absolute atomic E-state index is 0.0325. The Morgan fingerprint density at radius 3 is 2.11 bits per heavy atom. The van der Waals surface area contributed by atoms with Crippen molar-refractivity contribution in [3.8, 4) is 29.1 Å². The summed E-state index contributed by atoms with van der Waals surface area (Å²) in [7, 11) is 10.5. The van der Waals surface area contributed by atoms with E-state index in [0.29, 0.717) is 41.5 Å². The van der Waals surface area contributed by atoms with Gasteiger partial charge >= 0.3 is 5.97 Å². The number of esters is 1. The summed E-state index contributed by atoms with van der Waals surface area (Å²) in [5.41, 5.74) is 5.75. The summed E-state index contributed by atoms with van der Waals surface area (Å²) in [4.78, 5) is 21.8. The highest BCUT2D eigenvalue weighted by Crippen LogP contribution is 2.48. The second kappa shape index (κ2) is 13.6. The molecule has 0 amide bonds. The lowest BCUT2D eigenvalue weighted by molar-refractivity contribution is -0.140. The quantitative estimate of drug-likeness (QED) is 0.249. The molecule has 10 heteroatoms. The first kappa shape index (κ1) is 31.8. The number of nitrogens with zero attached hydrogens (tertiary/aromatic N) is 4. The van der Waals surface area contributed by atoms with E-state index in [1.54, 1.807) is 40.7 Å². The van der Waals surface area contributed by atoms with Crippen LogP contribution in [-0.2, 0) is 22.4 Å². The van der Waals surface area contributed by atoms with Gasteiger partial charge in [-0.25, -0.2) is 4.79 Å². The lowest BCUT2D eigenvalue weighted by Gasteiger charge is -2.48. The molecule has 10 nitrogen and oxygen atoms in total.